The van der Waals surface area contributed by atoms with Gasteiger partial charge in [0.05, 0.1) is 35.1 Å². The van der Waals surface area contributed by atoms with Crippen molar-refractivity contribution < 1.29 is 13.9 Å². The lowest BCUT2D eigenvalue weighted by Gasteiger charge is -2.43. The Morgan fingerprint density at radius 3 is 2.90 bits per heavy atom. The first-order valence-electron chi connectivity index (χ1n) is 11.0. The molecule has 5 aliphatic rings. The smallest absolute Gasteiger partial charge is 0.313 e. The third-order valence-electron chi connectivity index (χ3n) is 7.75. The Hall–Kier alpha value is -2.80. The second-order valence-corrected chi connectivity index (χ2v) is 9.19. The van der Waals surface area contributed by atoms with Gasteiger partial charge >= 0.3 is 5.97 Å². The molecule has 0 bridgehead atoms. The summed E-state index contributed by atoms with van der Waals surface area (Å²) < 4.78 is 21.7. The lowest BCUT2D eigenvalue weighted by atomic mass is 9.64. The van der Waals surface area contributed by atoms with Crippen molar-refractivity contribution in [3.63, 3.8) is 0 Å². The summed E-state index contributed by atoms with van der Waals surface area (Å²) >= 11 is 0. The number of esters is 1. The number of aromatic nitrogens is 1. The molecular formula is C24H24FN3O3. The minimum Gasteiger partial charge on any atom is -0.460 e. The first-order chi connectivity index (χ1) is 14.9. The molecule has 2 unspecified atom stereocenters. The van der Waals surface area contributed by atoms with E-state index in [0.717, 1.165) is 35.1 Å². The molecule has 1 aromatic rings. The van der Waals surface area contributed by atoms with Crippen molar-refractivity contribution in [2.75, 3.05) is 0 Å². The highest BCUT2D eigenvalue weighted by Crippen LogP contribution is 2.51. The number of pyridine rings is 1. The molecule has 4 atom stereocenters. The molecule has 0 saturated heterocycles. The van der Waals surface area contributed by atoms with Crippen LogP contribution < -0.4 is 11.3 Å². The number of hydrogen-bond acceptors (Lipinski definition) is 5. The van der Waals surface area contributed by atoms with E-state index in [-0.39, 0.29) is 41.8 Å². The summed E-state index contributed by atoms with van der Waals surface area (Å²) in [6.07, 6.45) is 3.71. The standard InChI is InChI=1S/C24H24FN3O3/c1-3-11-13-6-19-22-14(8-28(19)23(29)15(13)9-31-24(11)30)20-17(26)5-4-12-10(2)16(25)7-18(27-22)21(12)20/h6-7,11-12,17,21H,3-5,8-9,26H2,1-2H3/t11-,12?,17+,21?/m1/s1. The molecule has 160 valence electrons. The van der Waals surface area contributed by atoms with Crippen LogP contribution >= 0.6 is 0 Å². The molecule has 0 spiro atoms. The van der Waals surface area contributed by atoms with Gasteiger partial charge in [-0.1, -0.05) is 6.92 Å². The number of halogens is 1. The first kappa shape index (κ1) is 18.9. The molecule has 0 amide bonds. The van der Waals surface area contributed by atoms with Gasteiger partial charge in [0, 0.05) is 17.5 Å². The third-order valence-corrected chi connectivity index (χ3v) is 7.75. The normalized spacial score (nSPS) is 30.8. The predicted octanol–water partition coefficient (Wildman–Crippen LogP) is 3.01. The maximum absolute atomic E-state index is 14.7. The zero-order valence-electron chi connectivity index (χ0n) is 17.6. The highest BCUT2D eigenvalue weighted by Gasteiger charge is 2.46. The second kappa shape index (κ2) is 6.36. The van der Waals surface area contributed by atoms with Gasteiger partial charge in [-0.05, 0) is 61.0 Å². The Kier molecular flexibility index (Phi) is 3.88. The van der Waals surface area contributed by atoms with Gasteiger partial charge in [-0.25, -0.2) is 4.39 Å². The maximum atomic E-state index is 14.7. The van der Waals surface area contributed by atoms with Gasteiger partial charge in [-0.3, -0.25) is 14.6 Å². The van der Waals surface area contributed by atoms with E-state index in [0.29, 0.717) is 35.6 Å². The second-order valence-electron chi connectivity index (χ2n) is 9.19. The summed E-state index contributed by atoms with van der Waals surface area (Å²) in [5.74, 6) is -0.911. The molecular weight excluding hydrogens is 397 g/mol. The van der Waals surface area contributed by atoms with Crippen LogP contribution in [-0.4, -0.2) is 22.3 Å². The van der Waals surface area contributed by atoms with Gasteiger partial charge in [0.15, 0.2) is 0 Å². The number of hydrogen-bond donors (Lipinski definition) is 1. The molecule has 4 heterocycles. The highest BCUT2D eigenvalue weighted by molar-refractivity contribution is 6.15. The average Bonchev–Trinajstić information content (AvgIpc) is 3.11. The molecule has 7 heteroatoms. The fourth-order valence-corrected chi connectivity index (χ4v) is 6.13. The van der Waals surface area contributed by atoms with Gasteiger partial charge in [0.2, 0.25) is 0 Å². The number of carbonyl (C=O) groups excluding carboxylic acids is 1. The zero-order chi connectivity index (χ0) is 21.6. The number of nitrogens with zero attached hydrogens (tertiary/aromatic N) is 2. The molecule has 31 heavy (non-hydrogen) atoms. The van der Waals surface area contributed by atoms with E-state index in [1.807, 2.05) is 19.9 Å². The Morgan fingerprint density at radius 2 is 2.13 bits per heavy atom. The van der Waals surface area contributed by atoms with Gasteiger partial charge in [0.1, 0.15) is 12.4 Å². The Labute approximate surface area is 179 Å². The molecule has 1 saturated carbocycles. The quantitative estimate of drug-likeness (QED) is 0.707. The SMILES string of the molecule is CC[C@H]1C(=O)OCc2c1cc1n(c2=O)CC2=C3C4C(=CC(F)=C(C)C4CC[C@@H]3N)N=C21. The van der Waals surface area contributed by atoms with Crippen LogP contribution in [0.1, 0.15) is 55.8 Å². The van der Waals surface area contributed by atoms with Crippen molar-refractivity contribution in [1.82, 2.24) is 4.57 Å². The van der Waals surface area contributed by atoms with E-state index in [1.54, 1.807) is 4.57 Å². The summed E-state index contributed by atoms with van der Waals surface area (Å²) in [5.41, 5.74) is 12.7. The number of allylic oxidation sites excluding steroid dienone is 5. The average molecular weight is 421 g/mol. The van der Waals surface area contributed by atoms with Crippen molar-refractivity contribution in [3.8, 4) is 0 Å². The number of rotatable bonds is 1. The molecule has 6 rings (SSSR count). The monoisotopic (exact) mass is 421 g/mol. The van der Waals surface area contributed by atoms with E-state index in [9.17, 15) is 14.0 Å². The summed E-state index contributed by atoms with van der Waals surface area (Å²) in [6.45, 7) is 4.19. The number of aliphatic imine (C=N–C) groups is 1. The van der Waals surface area contributed by atoms with E-state index < -0.39 is 5.92 Å². The molecule has 2 N–H and O–H groups in total. The summed E-state index contributed by atoms with van der Waals surface area (Å²) in [6, 6.07) is 1.79. The fraction of sp³-hybridized carbons (Fsp3) is 0.458. The minimum atomic E-state index is -0.450. The van der Waals surface area contributed by atoms with Crippen LogP contribution in [0.4, 0.5) is 4.39 Å². The highest BCUT2D eigenvalue weighted by atomic mass is 19.1. The van der Waals surface area contributed by atoms with Crippen LogP contribution in [0.2, 0.25) is 0 Å². The van der Waals surface area contributed by atoms with Gasteiger partial charge in [-0.15, -0.1) is 0 Å². The van der Waals surface area contributed by atoms with Crippen molar-refractivity contribution in [1.29, 1.82) is 0 Å². The van der Waals surface area contributed by atoms with Crippen molar-refractivity contribution in [3.05, 3.63) is 67.6 Å². The fourth-order valence-electron chi connectivity index (χ4n) is 6.13. The topological polar surface area (TPSA) is 86.7 Å². The van der Waals surface area contributed by atoms with Crippen molar-refractivity contribution in [2.24, 2.45) is 22.6 Å². The van der Waals surface area contributed by atoms with Gasteiger partial charge in [-0.2, -0.15) is 0 Å². The van der Waals surface area contributed by atoms with Crippen LogP contribution in [0.3, 0.4) is 0 Å². The lowest BCUT2D eigenvalue weighted by molar-refractivity contribution is -0.148. The van der Waals surface area contributed by atoms with Gasteiger partial charge in [0.25, 0.3) is 5.56 Å². The third kappa shape index (κ3) is 2.38. The van der Waals surface area contributed by atoms with Gasteiger partial charge < -0.3 is 15.0 Å². The van der Waals surface area contributed by atoms with Crippen LogP contribution in [-0.2, 0) is 22.7 Å². The van der Waals surface area contributed by atoms with Crippen molar-refractivity contribution >= 4 is 11.7 Å². The maximum Gasteiger partial charge on any atom is 0.313 e. The molecule has 6 nitrogen and oxygen atoms in total. The summed E-state index contributed by atoms with van der Waals surface area (Å²) in [5, 5.41) is 0. The molecule has 0 radical (unpaired) electrons. The number of dihydropyridines is 1. The molecule has 1 fully saturated rings. The zero-order valence-corrected chi connectivity index (χ0v) is 17.6. The van der Waals surface area contributed by atoms with Crippen LogP contribution in [0, 0.1) is 11.8 Å². The number of nitrogens with two attached hydrogens (primary N) is 1. The summed E-state index contributed by atoms with van der Waals surface area (Å²) in [7, 11) is 0. The van der Waals surface area contributed by atoms with E-state index in [4.69, 9.17) is 15.5 Å². The van der Waals surface area contributed by atoms with E-state index in [2.05, 4.69) is 0 Å². The molecule has 3 aliphatic heterocycles. The summed E-state index contributed by atoms with van der Waals surface area (Å²) in [4.78, 5) is 30.5. The lowest BCUT2D eigenvalue weighted by Crippen LogP contribution is -2.41. The molecule has 0 aromatic carbocycles. The van der Waals surface area contributed by atoms with Crippen LogP contribution in [0.5, 0.6) is 0 Å². The minimum absolute atomic E-state index is 0.00581. The number of ether oxygens (including phenoxy) is 1. The molecule has 2 aliphatic carbocycles. The number of fused-ring (bicyclic) bond motifs is 4. The van der Waals surface area contributed by atoms with Crippen molar-refractivity contribution in [2.45, 2.75) is 58.2 Å². The Bertz CT molecular complexity index is 1250. The Balaban J connectivity index is 1.60. The van der Waals surface area contributed by atoms with E-state index in [1.165, 1.54) is 6.08 Å². The predicted molar refractivity (Wildman–Crippen MR) is 113 cm³/mol. The van der Waals surface area contributed by atoms with Crippen LogP contribution in [0.15, 0.2) is 50.2 Å². The molecule has 1 aromatic heterocycles. The number of carbonyl (C=O) groups is 1. The number of cyclic esters (lactones) is 1. The van der Waals surface area contributed by atoms with E-state index >= 15 is 0 Å². The largest absolute Gasteiger partial charge is 0.460 e. The first-order valence-corrected chi connectivity index (χ1v) is 11.0. The Morgan fingerprint density at radius 1 is 1.32 bits per heavy atom. The van der Waals surface area contributed by atoms with Crippen LogP contribution in [0.25, 0.3) is 0 Å².